The van der Waals surface area contributed by atoms with Crippen LogP contribution in [0.5, 0.6) is 0 Å². The maximum atomic E-state index is 12.2. The first-order chi connectivity index (χ1) is 11.1. The first-order valence-corrected chi connectivity index (χ1v) is 7.90. The fourth-order valence-electron chi connectivity index (χ4n) is 2.73. The van der Waals surface area contributed by atoms with E-state index in [-0.39, 0.29) is 24.8 Å². The number of carboxylic acids is 1. The molecular weight excluding hydrogens is 296 g/mol. The Morgan fingerprint density at radius 2 is 1.91 bits per heavy atom. The van der Waals surface area contributed by atoms with Crippen molar-refractivity contribution in [2.24, 2.45) is 0 Å². The number of nitrogens with zero attached hydrogens (tertiary/aromatic N) is 1. The van der Waals surface area contributed by atoms with Crippen LogP contribution >= 0.6 is 0 Å². The molecule has 2 rings (SSSR count). The molecule has 6 nitrogen and oxygen atoms in total. The van der Waals surface area contributed by atoms with Crippen LogP contribution in [0.15, 0.2) is 30.3 Å². The van der Waals surface area contributed by atoms with Crippen molar-refractivity contribution in [3.05, 3.63) is 35.9 Å². The smallest absolute Gasteiger partial charge is 0.305 e. The van der Waals surface area contributed by atoms with E-state index in [0.717, 1.165) is 24.8 Å². The Kier molecular flexibility index (Phi) is 6.14. The molecule has 1 saturated heterocycles. The van der Waals surface area contributed by atoms with Crippen LogP contribution < -0.4 is 5.32 Å². The number of carbonyl (C=O) groups is 3. The average Bonchev–Trinajstić information content (AvgIpc) is 2.72. The monoisotopic (exact) mass is 318 g/mol. The summed E-state index contributed by atoms with van der Waals surface area (Å²) in [6.07, 6.45) is 3.04. The molecule has 1 unspecified atom stereocenters. The van der Waals surface area contributed by atoms with E-state index in [0.29, 0.717) is 13.0 Å². The summed E-state index contributed by atoms with van der Waals surface area (Å²) in [6, 6.07) is 8.40. The highest BCUT2D eigenvalue weighted by molar-refractivity contribution is 5.85. The first-order valence-electron chi connectivity index (χ1n) is 7.90. The molecule has 1 aliphatic rings. The summed E-state index contributed by atoms with van der Waals surface area (Å²) in [5, 5.41) is 11.8. The van der Waals surface area contributed by atoms with Crippen LogP contribution in [0.3, 0.4) is 0 Å². The summed E-state index contributed by atoms with van der Waals surface area (Å²) in [6.45, 7) is 0.572. The van der Waals surface area contributed by atoms with Crippen LogP contribution in [0.1, 0.15) is 43.7 Å². The topological polar surface area (TPSA) is 86.7 Å². The summed E-state index contributed by atoms with van der Waals surface area (Å²) in [7, 11) is 0. The summed E-state index contributed by atoms with van der Waals surface area (Å²) < 4.78 is 0. The Hall–Kier alpha value is -2.37. The predicted octanol–water partition coefficient (Wildman–Crippen LogP) is 1.72. The van der Waals surface area contributed by atoms with Crippen molar-refractivity contribution in [1.29, 1.82) is 0 Å². The molecule has 1 aromatic carbocycles. The molecule has 0 aromatic heterocycles. The van der Waals surface area contributed by atoms with Gasteiger partial charge in [0.2, 0.25) is 11.8 Å². The third-order valence-electron chi connectivity index (χ3n) is 3.92. The summed E-state index contributed by atoms with van der Waals surface area (Å²) in [4.78, 5) is 36.8. The van der Waals surface area contributed by atoms with E-state index < -0.39 is 12.0 Å². The lowest BCUT2D eigenvalue weighted by Gasteiger charge is -2.22. The number of carboxylic acid groups (broad SMARTS) is 1. The van der Waals surface area contributed by atoms with Crippen LogP contribution in [-0.2, 0) is 14.4 Å². The summed E-state index contributed by atoms with van der Waals surface area (Å²) in [5.74, 6) is -1.31. The lowest BCUT2D eigenvalue weighted by Crippen LogP contribution is -2.42. The maximum Gasteiger partial charge on any atom is 0.305 e. The molecule has 1 heterocycles. The van der Waals surface area contributed by atoms with Gasteiger partial charge in [0, 0.05) is 13.0 Å². The minimum Gasteiger partial charge on any atom is -0.481 e. The molecule has 2 amide bonds. The van der Waals surface area contributed by atoms with Crippen LogP contribution in [0.25, 0.3) is 0 Å². The number of likely N-dealkylation sites (tertiary alicyclic amines) is 1. The number of hydrogen-bond donors (Lipinski definition) is 2. The van der Waals surface area contributed by atoms with E-state index in [1.807, 2.05) is 6.07 Å². The zero-order valence-electron chi connectivity index (χ0n) is 13.0. The van der Waals surface area contributed by atoms with Crippen molar-refractivity contribution in [2.45, 2.75) is 38.1 Å². The van der Waals surface area contributed by atoms with Gasteiger partial charge in [0.15, 0.2) is 0 Å². The van der Waals surface area contributed by atoms with Gasteiger partial charge < -0.3 is 15.3 Å². The fourth-order valence-corrected chi connectivity index (χ4v) is 2.73. The summed E-state index contributed by atoms with van der Waals surface area (Å²) in [5.41, 5.74) is 0.741. The third-order valence-corrected chi connectivity index (χ3v) is 3.92. The first kappa shape index (κ1) is 17.0. The highest BCUT2D eigenvalue weighted by atomic mass is 16.4. The van der Waals surface area contributed by atoms with Gasteiger partial charge in [-0.15, -0.1) is 0 Å². The lowest BCUT2D eigenvalue weighted by atomic mass is 10.0. The van der Waals surface area contributed by atoms with E-state index in [1.54, 1.807) is 29.2 Å². The van der Waals surface area contributed by atoms with E-state index in [1.165, 1.54) is 0 Å². The molecule has 1 aromatic rings. The van der Waals surface area contributed by atoms with Gasteiger partial charge in [-0.05, 0) is 18.4 Å². The minimum absolute atomic E-state index is 0.00727. The Morgan fingerprint density at radius 3 is 2.61 bits per heavy atom. The Morgan fingerprint density at radius 1 is 1.17 bits per heavy atom. The van der Waals surface area contributed by atoms with Crippen molar-refractivity contribution in [2.75, 3.05) is 13.1 Å². The molecule has 0 saturated carbocycles. The molecule has 23 heavy (non-hydrogen) atoms. The van der Waals surface area contributed by atoms with Gasteiger partial charge in [0.05, 0.1) is 19.0 Å². The quantitative estimate of drug-likeness (QED) is 0.836. The van der Waals surface area contributed by atoms with Gasteiger partial charge in [-0.3, -0.25) is 14.4 Å². The van der Waals surface area contributed by atoms with E-state index in [2.05, 4.69) is 5.32 Å². The summed E-state index contributed by atoms with van der Waals surface area (Å²) >= 11 is 0. The van der Waals surface area contributed by atoms with Crippen molar-refractivity contribution >= 4 is 17.8 Å². The molecule has 0 bridgehead atoms. The Balaban J connectivity index is 1.99. The SMILES string of the molecule is O=C(O)CC(NC(=O)CN1CCCCCC1=O)c1ccccc1. The van der Waals surface area contributed by atoms with Gasteiger partial charge in [-0.2, -0.15) is 0 Å². The van der Waals surface area contributed by atoms with E-state index in [4.69, 9.17) is 5.11 Å². The third kappa shape index (κ3) is 5.39. The zero-order valence-corrected chi connectivity index (χ0v) is 13.0. The van der Waals surface area contributed by atoms with Crippen molar-refractivity contribution in [3.8, 4) is 0 Å². The molecule has 1 aliphatic heterocycles. The second kappa shape index (κ2) is 8.31. The van der Waals surface area contributed by atoms with Crippen LogP contribution in [0.2, 0.25) is 0 Å². The molecule has 1 fully saturated rings. The van der Waals surface area contributed by atoms with Crippen LogP contribution in [0.4, 0.5) is 0 Å². The number of benzene rings is 1. The van der Waals surface area contributed by atoms with Crippen LogP contribution in [0, 0.1) is 0 Å². The molecule has 0 spiro atoms. The number of hydrogen-bond acceptors (Lipinski definition) is 3. The minimum atomic E-state index is -0.981. The molecule has 2 N–H and O–H groups in total. The standard InChI is InChI=1S/C17H22N2O4/c20-15(12-19-10-6-2-5-9-16(19)21)18-14(11-17(22)23)13-7-3-1-4-8-13/h1,3-4,7-8,14H,2,5-6,9-12H2,(H,18,20)(H,22,23). The Bertz CT molecular complexity index is 559. The highest BCUT2D eigenvalue weighted by Crippen LogP contribution is 2.17. The van der Waals surface area contributed by atoms with E-state index >= 15 is 0 Å². The average molecular weight is 318 g/mol. The van der Waals surface area contributed by atoms with Gasteiger partial charge in [-0.1, -0.05) is 36.8 Å². The van der Waals surface area contributed by atoms with E-state index in [9.17, 15) is 14.4 Å². The molecular formula is C17H22N2O4. The lowest BCUT2D eigenvalue weighted by molar-refractivity contribution is -0.139. The van der Waals surface area contributed by atoms with Gasteiger partial charge in [0.25, 0.3) is 0 Å². The second-order valence-electron chi connectivity index (χ2n) is 5.75. The van der Waals surface area contributed by atoms with Gasteiger partial charge in [0.1, 0.15) is 0 Å². The fraction of sp³-hybridized carbons (Fsp3) is 0.471. The molecule has 6 heteroatoms. The molecule has 1 atom stereocenters. The number of carbonyl (C=O) groups excluding carboxylic acids is 2. The Labute approximate surface area is 135 Å². The highest BCUT2D eigenvalue weighted by Gasteiger charge is 2.22. The molecule has 124 valence electrons. The normalized spacial score (nSPS) is 16.5. The van der Waals surface area contributed by atoms with Crippen molar-refractivity contribution in [1.82, 2.24) is 10.2 Å². The zero-order chi connectivity index (χ0) is 16.7. The maximum absolute atomic E-state index is 12.2. The van der Waals surface area contributed by atoms with Gasteiger partial charge >= 0.3 is 5.97 Å². The number of aliphatic carboxylic acids is 1. The second-order valence-corrected chi connectivity index (χ2v) is 5.75. The predicted molar refractivity (Wildman–Crippen MR) is 84.6 cm³/mol. The van der Waals surface area contributed by atoms with Crippen molar-refractivity contribution in [3.63, 3.8) is 0 Å². The number of rotatable bonds is 6. The largest absolute Gasteiger partial charge is 0.481 e. The van der Waals surface area contributed by atoms with Gasteiger partial charge in [-0.25, -0.2) is 0 Å². The number of nitrogens with one attached hydrogen (secondary N) is 1. The number of amides is 2. The van der Waals surface area contributed by atoms with Crippen LogP contribution in [-0.4, -0.2) is 40.9 Å². The van der Waals surface area contributed by atoms with Crippen molar-refractivity contribution < 1.29 is 19.5 Å². The molecule has 0 aliphatic carbocycles. The molecule has 0 radical (unpaired) electrons.